The second-order valence-electron chi connectivity index (χ2n) is 2.79. The van der Waals surface area contributed by atoms with E-state index in [1.807, 2.05) is 11.7 Å². The number of thiazole rings is 1. The Morgan fingerprint density at radius 1 is 1.64 bits per heavy atom. The van der Waals surface area contributed by atoms with Crippen molar-refractivity contribution in [3.63, 3.8) is 0 Å². The van der Waals surface area contributed by atoms with E-state index in [0.717, 1.165) is 0 Å². The Hall–Kier alpha value is -0.450. The molecule has 0 aliphatic rings. The molecule has 62 valence electrons. The van der Waals surface area contributed by atoms with Crippen molar-refractivity contribution < 1.29 is 0 Å². The van der Waals surface area contributed by atoms with Crippen LogP contribution in [0.15, 0.2) is 11.7 Å². The third-order valence-electron chi connectivity index (χ3n) is 1.60. The van der Waals surface area contributed by atoms with Crippen molar-refractivity contribution in [2.45, 2.75) is 19.9 Å². The highest BCUT2D eigenvalue weighted by atomic mass is 32.1. The first-order valence-electron chi connectivity index (χ1n) is 3.60. The Kier molecular flexibility index (Phi) is 2.99. The fraction of sp³-hybridized carbons (Fsp3) is 0.571. The van der Waals surface area contributed by atoms with Crippen LogP contribution >= 0.6 is 11.3 Å². The lowest BCUT2D eigenvalue weighted by molar-refractivity contribution is 0.427. The Morgan fingerprint density at radius 3 is 2.73 bits per heavy atom. The van der Waals surface area contributed by atoms with Gasteiger partial charge in [-0.25, -0.2) is 0 Å². The minimum Gasteiger partial charge on any atom is -0.271 e. The van der Waals surface area contributed by atoms with Gasteiger partial charge in [0.1, 0.15) is 0 Å². The summed E-state index contributed by atoms with van der Waals surface area (Å²) in [6.45, 7) is 4.26. The number of nitrogens with zero attached hydrogens (tertiary/aromatic N) is 1. The summed E-state index contributed by atoms with van der Waals surface area (Å²) < 4.78 is 0. The van der Waals surface area contributed by atoms with Crippen LogP contribution in [0.5, 0.6) is 0 Å². The van der Waals surface area contributed by atoms with Gasteiger partial charge in [0.25, 0.3) is 0 Å². The molecule has 0 saturated heterocycles. The zero-order valence-electron chi connectivity index (χ0n) is 6.74. The Bertz CT molecular complexity index is 195. The lowest BCUT2D eigenvalue weighted by Gasteiger charge is -2.17. The summed E-state index contributed by atoms with van der Waals surface area (Å²) in [6, 6.07) is 0.238. The molecule has 3 nitrogen and oxygen atoms in total. The van der Waals surface area contributed by atoms with Gasteiger partial charge in [-0.15, -0.1) is 11.3 Å². The number of nitrogens with one attached hydrogen (secondary N) is 1. The quantitative estimate of drug-likeness (QED) is 0.532. The van der Waals surface area contributed by atoms with Gasteiger partial charge >= 0.3 is 0 Å². The summed E-state index contributed by atoms with van der Waals surface area (Å²) in [5.74, 6) is 5.89. The van der Waals surface area contributed by atoms with Gasteiger partial charge in [-0.2, -0.15) is 0 Å². The molecule has 0 radical (unpaired) electrons. The number of hydrogen-bond acceptors (Lipinski definition) is 4. The first-order valence-corrected chi connectivity index (χ1v) is 4.48. The van der Waals surface area contributed by atoms with Crippen molar-refractivity contribution in [1.82, 2.24) is 10.4 Å². The van der Waals surface area contributed by atoms with Gasteiger partial charge in [0.2, 0.25) is 0 Å². The maximum Gasteiger partial charge on any atom is 0.0794 e. The summed E-state index contributed by atoms with van der Waals surface area (Å²) in [7, 11) is 0. The van der Waals surface area contributed by atoms with Crippen molar-refractivity contribution >= 4 is 11.3 Å². The van der Waals surface area contributed by atoms with E-state index < -0.39 is 0 Å². The molecule has 0 amide bonds. The molecule has 11 heavy (non-hydrogen) atoms. The van der Waals surface area contributed by atoms with Crippen LogP contribution in [0.4, 0.5) is 0 Å². The molecule has 1 unspecified atom stereocenters. The highest BCUT2D eigenvalue weighted by molar-refractivity contribution is 7.09. The average Bonchev–Trinajstić information content (AvgIpc) is 2.40. The SMILES string of the molecule is CC(C)C(NN)c1cncs1. The van der Waals surface area contributed by atoms with Crippen LogP contribution in [-0.4, -0.2) is 4.98 Å². The van der Waals surface area contributed by atoms with E-state index in [4.69, 9.17) is 5.84 Å². The van der Waals surface area contributed by atoms with Crippen LogP contribution in [0.1, 0.15) is 24.8 Å². The van der Waals surface area contributed by atoms with Crippen LogP contribution in [0.3, 0.4) is 0 Å². The molecule has 1 aromatic heterocycles. The summed E-state index contributed by atoms with van der Waals surface area (Å²) in [5, 5.41) is 0. The molecule has 0 aliphatic carbocycles. The van der Waals surface area contributed by atoms with Crippen LogP contribution < -0.4 is 11.3 Å². The van der Waals surface area contributed by atoms with Crippen molar-refractivity contribution in [3.05, 3.63) is 16.6 Å². The van der Waals surface area contributed by atoms with Gasteiger partial charge in [-0.05, 0) is 5.92 Å². The van der Waals surface area contributed by atoms with Crippen LogP contribution in [-0.2, 0) is 0 Å². The number of hydrogen-bond donors (Lipinski definition) is 2. The molecular formula is C7H13N3S. The zero-order valence-corrected chi connectivity index (χ0v) is 7.56. The fourth-order valence-corrected chi connectivity index (χ4v) is 1.83. The van der Waals surface area contributed by atoms with E-state index in [0.29, 0.717) is 5.92 Å². The molecular weight excluding hydrogens is 158 g/mol. The second-order valence-corrected chi connectivity index (χ2v) is 3.71. The Labute approximate surface area is 70.6 Å². The predicted octanol–water partition coefficient (Wildman–Crippen LogP) is 1.30. The fourth-order valence-electron chi connectivity index (χ4n) is 0.982. The molecule has 1 atom stereocenters. The van der Waals surface area contributed by atoms with Crippen molar-refractivity contribution in [1.29, 1.82) is 0 Å². The first-order chi connectivity index (χ1) is 5.25. The summed E-state index contributed by atoms with van der Waals surface area (Å²) in [5.41, 5.74) is 4.60. The predicted molar refractivity (Wildman–Crippen MR) is 47.0 cm³/mol. The molecule has 0 aliphatic heterocycles. The summed E-state index contributed by atoms with van der Waals surface area (Å²) >= 11 is 1.63. The lowest BCUT2D eigenvalue weighted by atomic mass is 10.0. The van der Waals surface area contributed by atoms with Crippen molar-refractivity contribution in [2.24, 2.45) is 11.8 Å². The van der Waals surface area contributed by atoms with E-state index >= 15 is 0 Å². The smallest absolute Gasteiger partial charge is 0.0794 e. The normalized spacial score (nSPS) is 13.8. The summed E-state index contributed by atoms with van der Waals surface area (Å²) in [6.07, 6.45) is 1.86. The van der Waals surface area contributed by atoms with Crippen molar-refractivity contribution in [3.8, 4) is 0 Å². The molecule has 0 bridgehead atoms. The molecule has 1 heterocycles. The minimum absolute atomic E-state index is 0.238. The van der Waals surface area contributed by atoms with E-state index in [2.05, 4.69) is 24.3 Å². The zero-order chi connectivity index (χ0) is 8.27. The van der Waals surface area contributed by atoms with Gasteiger partial charge in [-0.3, -0.25) is 16.3 Å². The van der Waals surface area contributed by atoms with Crippen LogP contribution in [0.25, 0.3) is 0 Å². The molecule has 4 heteroatoms. The molecule has 0 aromatic carbocycles. The second kappa shape index (κ2) is 3.80. The van der Waals surface area contributed by atoms with Gasteiger partial charge in [0.05, 0.1) is 11.6 Å². The maximum atomic E-state index is 5.39. The number of aromatic nitrogens is 1. The molecule has 3 N–H and O–H groups in total. The Morgan fingerprint density at radius 2 is 2.36 bits per heavy atom. The highest BCUT2D eigenvalue weighted by Crippen LogP contribution is 2.23. The number of rotatable bonds is 3. The topological polar surface area (TPSA) is 50.9 Å². The Balaban J connectivity index is 2.71. The molecule has 0 fully saturated rings. The third-order valence-corrected chi connectivity index (χ3v) is 2.46. The average molecular weight is 171 g/mol. The van der Waals surface area contributed by atoms with Crippen LogP contribution in [0, 0.1) is 5.92 Å². The molecule has 0 spiro atoms. The third kappa shape index (κ3) is 1.99. The van der Waals surface area contributed by atoms with E-state index in [1.54, 1.807) is 11.3 Å². The lowest BCUT2D eigenvalue weighted by Crippen LogP contribution is -2.30. The molecule has 0 saturated carbocycles. The van der Waals surface area contributed by atoms with Gasteiger partial charge in [-0.1, -0.05) is 13.8 Å². The molecule has 1 rings (SSSR count). The van der Waals surface area contributed by atoms with E-state index in [1.165, 1.54) is 4.88 Å². The minimum atomic E-state index is 0.238. The van der Waals surface area contributed by atoms with Crippen molar-refractivity contribution in [2.75, 3.05) is 0 Å². The standard InChI is InChI=1S/C7H13N3S/c1-5(2)7(10-8)6-3-9-4-11-6/h3-5,7,10H,8H2,1-2H3. The molecule has 1 aromatic rings. The van der Waals surface area contributed by atoms with Crippen LogP contribution in [0.2, 0.25) is 0 Å². The highest BCUT2D eigenvalue weighted by Gasteiger charge is 2.14. The van der Waals surface area contributed by atoms with E-state index in [9.17, 15) is 0 Å². The van der Waals surface area contributed by atoms with E-state index in [-0.39, 0.29) is 6.04 Å². The number of nitrogens with two attached hydrogens (primary N) is 1. The summed E-state index contributed by atoms with van der Waals surface area (Å²) in [4.78, 5) is 5.19. The van der Waals surface area contributed by atoms with Gasteiger partial charge in [0, 0.05) is 11.1 Å². The van der Waals surface area contributed by atoms with Gasteiger partial charge in [0.15, 0.2) is 0 Å². The monoisotopic (exact) mass is 171 g/mol. The number of hydrazine groups is 1. The van der Waals surface area contributed by atoms with Gasteiger partial charge < -0.3 is 0 Å². The first kappa shape index (κ1) is 8.64. The largest absolute Gasteiger partial charge is 0.271 e. The maximum absolute atomic E-state index is 5.39.